The molecule has 2 heterocycles. The second kappa shape index (κ2) is 8.22. The molecule has 0 aliphatic rings. The topological polar surface area (TPSA) is 99.5 Å². The molecule has 7 nitrogen and oxygen atoms in total. The third kappa shape index (κ3) is 3.53. The predicted octanol–water partition coefficient (Wildman–Crippen LogP) is 5.07. The van der Waals surface area contributed by atoms with Crippen molar-refractivity contribution in [1.82, 2.24) is 9.97 Å². The van der Waals surface area contributed by atoms with Crippen LogP contribution in [0.2, 0.25) is 5.02 Å². The number of carbonyl (C=O) groups excluding carboxylic acids is 1. The first-order valence-corrected chi connectivity index (χ1v) is 9.72. The second-order valence-electron chi connectivity index (χ2n) is 6.62. The zero-order valence-electron chi connectivity index (χ0n) is 16.5. The number of esters is 1. The van der Waals surface area contributed by atoms with Crippen molar-refractivity contribution in [1.29, 1.82) is 0 Å². The lowest BCUT2D eigenvalue weighted by Crippen LogP contribution is -2.11. The summed E-state index contributed by atoms with van der Waals surface area (Å²) in [6.45, 7) is 2.19. The molecule has 4 aromatic rings. The molecule has 0 aliphatic carbocycles. The van der Waals surface area contributed by atoms with Crippen LogP contribution >= 0.6 is 11.6 Å². The third-order valence-electron chi connectivity index (χ3n) is 4.68. The molecule has 2 aromatic carbocycles. The van der Waals surface area contributed by atoms with Crippen LogP contribution in [0.4, 0.5) is 5.69 Å². The number of ether oxygens (including phenoxy) is 3. The highest BCUT2D eigenvalue weighted by atomic mass is 35.5. The first kappa shape index (κ1) is 20.0. The number of anilines is 1. The fourth-order valence-electron chi connectivity index (χ4n) is 3.41. The molecule has 3 N–H and O–H groups in total. The van der Waals surface area contributed by atoms with Crippen molar-refractivity contribution in [2.45, 2.75) is 13.5 Å². The predicted molar refractivity (Wildman–Crippen MR) is 116 cm³/mol. The molecule has 0 spiro atoms. The van der Waals surface area contributed by atoms with Gasteiger partial charge < -0.3 is 24.9 Å². The van der Waals surface area contributed by atoms with Gasteiger partial charge in [-0.05, 0) is 31.2 Å². The van der Waals surface area contributed by atoms with E-state index in [0.717, 1.165) is 21.8 Å². The van der Waals surface area contributed by atoms with Crippen LogP contribution in [0.15, 0.2) is 42.6 Å². The van der Waals surface area contributed by atoms with E-state index in [0.29, 0.717) is 27.8 Å². The third-order valence-corrected chi connectivity index (χ3v) is 5.01. The molecule has 0 bridgehead atoms. The summed E-state index contributed by atoms with van der Waals surface area (Å²) >= 11 is 6.14. The Balaban J connectivity index is 1.94. The average Bonchev–Trinajstić information content (AvgIpc) is 3.11. The monoisotopic (exact) mass is 425 g/mol. The molecule has 0 radical (unpaired) electrons. The van der Waals surface area contributed by atoms with Crippen LogP contribution in [0.5, 0.6) is 11.5 Å². The Morgan fingerprint density at radius 2 is 2.03 bits per heavy atom. The Kier molecular flexibility index (Phi) is 5.48. The first-order chi connectivity index (χ1) is 14.5. The highest BCUT2D eigenvalue weighted by molar-refractivity contribution is 6.33. The number of H-pyrrole nitrogens is 1. The number of nitrogen functional groups attached to an aromatic ring is 1. The van der Waals surface area contributed by atoms with Gasteiger partial charge in [0.05, 0.1) is 46.5 Å². The van der Waals surface area contributed by atoms with Gasteiger partial charge in [0.1, 0.15) is 11.5 Å². The Bertz CT molecular complexity index is 1250. The Labute approximate surface area is 177 Å². The van der Waals surface area contributed by atoms with Gasteiger partial charge in [-0.2, -0.15) is 0 Å². The number of nitrogens with one attached hydrogen (secondary N) is 1. The van der Waals surface area contributed by atoms with Gasteiger partial charge in [-0.25, -0.2) is 9.78 Å². The molecule has 0 saturated heterocycles. The fourth-order valence-corrected chi connectivity index (χ4v) is 3.59. The number of pyridine rings is 1. The number of hydrogen-bond acceptors (Lipinski definition) is 6. The normalized spacial score (nSPS) is 11.2. The van der Waals surface area contributed by atoms with E-state index in [1.54, 1.807) is 38.4 Å². The Morgan fingerprint density at radius 3 is 2.77 bits per heavy atom. The van der Waals surface area contributed by atoms with Crippen molar-refractivity contribution in [2.75, 3.05) is 19.5 Å². The number of fused-ring (bicyclic) bond motifs is 3. The summed E-state index contributed by atoms with van der Waals surface area (Å²) in [7, 11) is 1.57. The van der Waals surface area contributed by atoms with Crippen LogP contribution in [-0.4, -0.2) is 29.7 Å². The van der Waals surface area contributed by atoms with E-state index < -0.39 is 5.97 Å². The van der Waals surface area contributed by atoms with Crippen molar-refractivity contribution in [3.05, 3.63) is 58.9 Å². The van der Waals surface area contributed by atoms with Crippen molar-refractivity contribution in [3.8, 4) is 11.5 Å². The van der Waals surface area contributed by atoms with Crippen LogP contribution in [-0.2, 0) is 16.1 Å². The second-order valence-corrected chi connectivity index (χ2v) is 7.02. The maximum Gasteiger partial charge on any atom is 0.357 e. The van der Waals surface area contributed by atoms with Crippen LogP contribution in [0, 0.1) is 0 Å². The molecular weight excluding hydrogens is 406 g/mol. The molecule has 0 fully saturated rings. The summed E-state index contributed by atoms with van der Waals surface area (Å²) in [5.41, 5.74) is 8.72. The maximum absolute atomic E-state index is 12.5. The molecule has 0 aliphatic heterocycles. The summed E-state index contributed by atoms with van der Waals surface area (Å²) in [6.07, 6.45) is 1.62. The van der Waals surface area contributed by atoms with Gasteiger partial charge in [0.2, 0.25) is 0 Å². The van der Waals surface area contributed by atoms with E-state index in [9.17, 15) is 4.79 Å². The maximum atomic E-state index is 12.5. The largest absolute Gasteiger partial charge is 0.461 e. The minimum Gasteiger partial charge on any atom is -0.461 e. The first-order valence-electron chi connectivity index (χ1n) is 9.34. The molecule has 2 aromatic heterocycles. The van der Waals surface area contributed by atoms with Gasteiger partial charge in [-0.15, -0.1) is 0 Å². The Morgan fingerprint density at radius 1 is 1.20 bits per heavy atom. The van der Waals surface area contributed by atoms with Gasteiger partial charge in [-0.3, -0.25) is 0 Å². The molecular formula is C22H20ClN3O4. The van der Waals surface area contributed by atoms with Gasteiger partial charge in [0.25, 0.3) is 0 Å². The van der Waals surface area contributed by atoms with Crippen molar-refractivity contribution >= 4 is 45.1 Å². The highest BCUT2D eigenvalue weighted by Gasteiger charge is 2.22. The summed E-state index contributed by atoms with van der Waals surface area (Å²) in [6, 6.07) is 10.7. The lowest BCUT2D eigenvalue weighted by atomic mass is 10.0. The number of aromatic amines is 1. The van der Waals surface area contributed by atoms with Gasteiger partial charge in [0.15, 0.2) is 5.69 Å². The molecule has 0 atom stereocenters. The lowest BCUT2D eigenvalue weighted by Gasteiger charge is -2.11. The number of benzene rings is 2. The quantitative estimate of drug-likeness (QED) is 0.330. The highest BCUT2D eigenvalue weighted by Crippen LogP contribution is 2.39. The molecule has 154 valence electrons. The van der Waals surface area contributed by atoms with E-state index in [-0.39, 0.29) is 18.9 Å². The SMILES string of the molecule is CCOC(=O)c1ncc2[nH]c3cccc(Oc4ccc(N)c(Cl)c4)c3c2c1COC. The number of hydrogen-bond donors (Lipinski definition) is 2. The van der Waals surface area contributed by atoms with E-state index in [2.05, 4.69) is 9.97 Å². The smallest absolute Gasteiger partial charge is 0.357 e. The fraction of sp³-hybridized carbons (Fsp3) is 0.182. The molecule has 0 unspecified atom stereocenters. The lowest BCUT2D eigenvalue weighted by molar-refractivity contribution is 0.0514. The van der Waals surface area contributed by atoms with Crippen molar-refractivity contribution < 1.29 is 19.0 Å². The number of halogens is 1. The molecule has 0 amide bonds. The number of nitrogens with two attached hydrogens (primary N) is 1. The van der Waals surface area contributed by atoms with Crippen LogP contribution in [0.1, 0.15) is 23.0 Å². The van der Waals surface area contributed by atoms with Gasteiger partial charge in [-0.1, -0.05) is 17.7 Å². The average molecular weight is 426 g/mol. The standard InChI is InChI=1S/C22H20ClN3O4/c1-3-29-22(27)21-13(11-28-2)19-17(10-25-21)26-16-5-4-6-18(20(16)19)30-12-7-8-15(24)14(23)9-12/h4-10,26H,3,11,24H2,1-2H3. The van der Waals surface area contributed by atoms with E-state index >= 15 is 0 Å². The number of nitrogens with zero attached hydrogens (tertiary/aromatic N) is 1. The summed E-state index contributed by atoms with van der Waals surface area (Å²) in [4.78, 5) is 20.1. The summed E-state index contributed by atoms with van der Waals surface area (Å²) in [5, 5.41) is 2.01. The summed E-state index contributed by atoms with van der Waals surface area (Å²) in [5.74, 6) is 0.645. The van der Waals surface area contributed by atoms with Crippen molar-refractivity contribution in [3.63, 3.8) is 0 Å². The molecule has 30 heavy (non-hydrogen) atoms. The molecule has 8 heteroatoms. The van der Waals surface area contributed by atoms with E-state index in [1.165, 1.54) is 0 Å². The Hall–Kier alpha value is -3.29. The van der Waals surface area contributed by atoms with Gasteiger partial charge in [0, 0.05) is 24.1 Å². The minimum absolute atomic E-state index is 0.188. The minimum atomic E-state index is -0.496. The molecule has 0 saturated carbocycles. The van der Waals surface area contributed by atoms with E-state index in [4.69, 9.17) is 31.5 Å². The van der Waals surface area contributed by atoms with Crippen LogP contribution in [0.25, 0.3) is 21.8 Å². The number of methoxy groups -OCH3 is 1. The number of carbonyl (C=O) groups is 1. The number of rotatable bonds is 6. The van der Waals surface area contributed by atoms with Crippen LogP contribution in [0.3, 0.4) is 0 Å². The zero-order valence-corrected chi connectivity index (χ0v) is 17.2. The molecule has 4 rings (SSSR count). The zero-order chi connectivity index (χ0) is 21.3. The van der Waals surface area contributed by atoms with E-state index in [1.807, 2.05) is 18.2 Å². The van der Waals surface area contributed by atoms with Crippen molar-refractivity contribution in [2.24, 2.45) is 0 Å². The van der Waals surface area contributed by atoms with Crippen LogP contribution < -0.4 is 10.5 Å². The number of aromatic nitrogens is 2. The summed E-state index contributed by atoms with van der Waals surface area (Å²) < 4.78 is 16.7. The van der Waals surface area contributed by atoms with Gasteiger partial charge >= 0.3 is 5.97 Å².